The predicted octanol–water partition coefficient (Wildman–Crippen LogP) is 1.71. The first-order chi connectivity index (χ1) is 7.79. The molecule has 1 unspecified atom stereocenters. The first-order valence-electron chi connectivity index (χ1n) is 6.08. The zero-order valence-corrected chi connectivity index (χ0v) is 11.2. The van der Waals surface area contributed by atoms with Gasteiger partial charge in [-0.2, -0.15) is 4.99 Å². The quantitative estimate of drug-likeness (QED) is 0.559. The summed E-state index contributed by atoms with van der Waals surface area (Å²) >= 11 is 0. The summed E-state index contributed by atoms with van der Waals surface area (Å²) < 4.78 is 23.3. The molecular weight excluding hydrogens is 238 g/mol. The van der Waals surface area contributed by atoms with Crippen LogP contribution in [0.4, 0.5) is 0 Å². The minimum atomic E-state index is -2.94. The number of rotatable bonds is 2. The van der Waals surface area contributed by atoms with Crippen molar-refractivity contribution < 1.29 is 13.2 Å². The van der Waals surface area contributed by atoms with Gasteiger partial charge in [-0.05, 0) is 37.0 Å². The van der Waals surface area contributed by atoms with Gasteiger partial charge in [0.2, 0.25) is 6.08 Å². The van der Waals surface area contributed by atoms with E-state index in [2.05, 4.69) is 18.8 Å². The van der Waals surface area contributed by atoms with Crippen LogP contribution >= 0.6 is 0 Å². The molecule has 0 aromatic heterocycles. The van der Waals surface area contributed by atoms with Gasteiger partial charge in [0.05, 0.1) is 17.0 Å². The summed E-state index contributed by atoms with van der Waals surface area (Å²) in [6.07, 6.45) is 4.81. The van der Waals surface area contributed by atoms with E-state index in [1.807, 2.05) is 0 Å². The Balaban J connectivity index is 2.21. The molecule has 0 aromatic rings. The van der Waals surface area contributed by atoms with Crippen LogP contribution in [0, 0.1) is 11.3 Å². The third kappa shape index (κ3) is 2.45. The minimum Gasteiger partial charge on any atom is -0.229 e. The molecule has 1 saturated carbocycles. The van der Waals surface area contributed by atoms with Crippen molar-refractivity contribution in [2.45, 2.75) is 45.1 Å². The summed E-state index contributed by atoms with van der Waals surface area (Å²) in [4.78, 5) is 14.6. The monoisotopic (exact) mass is 257 g/mol. The maximum atomic E-state index is 11.7. The molecule has 1 saturated heterocycles. The van der Waals surface area contributed by atoms with Gasteiger partial charge in [-0.25, -0.2) is 13.2 Å². The van der Waals surface area contributed by atoms with E-state index >= 15 is 0 Å². The Bertz CT molecular complexity index is 452. The van der Waals surface area contributed by atoms with Crippen LogP contribution in [0.25, 0.3) is 0 Å². The predicted molar refractivity (Wildman–Crippen MR) is 65.2 cm³/mol. The van der Waals surface area contributed by atoms with Crippen LogP contribution in [0.2, 0.25) is 0 Å². The van der Waals surface area contributed by atoms with E-state index in [1.165, 1.54) is 0 Å². The molecule has 2 rings (SSSR count). The number of isocyanates is 1. The van der Waals surface area contributed by atoms with E-state index in [0.717, 1.165) is 19.3 Å². The van der Waals surface area contributed by atoms with Crippen molar-refractivity contribution in [2.75, 3.05) is 11.5 Å². The molecule has 0 bridgehead atoms. The molecular formula is C12H19NO3S. The summed E-state index contributed by atoms with van der Waals surface area (Å²) in [6.45, 7) is 4.26. The maximum absolute atomic E-state index is 11.7. The fourth-order valence-electron chi connectivity index (χ4n) is 3.60. The highest BCUT2D eigenvalue weighted by Gasteiger charge is 2.55. The highest BCUT2D eigenvalue weighted by molar-refractivity contribution is 7.91. The third-order valence-corrected chi connectivity index (χ3v) is 5.88. The van der Waals surface area contributed by atoms with Crippen molar-refractivity contribution >= 4 is 15.9 Å². The summed E-state index contributed by atoms with van der Waals surface area (Å²) in [5, 5.41) is 0. The Morgan fingerprint density at radius 3 is 2.41 bits per heavy atom. The summed E-state index contributed by atoms with van der Waals surface area (Å²) in [7, 11) is -2.94. The lowest BCUT2D eigenvalue weighted by Gasteiger charge is -2.54. The van der Waals surface area contributed by atoms with Gasteiger partial charge in [0.25, 0.3) is 0 Å². The smallest absolute Gasteiger partial charge is 0.229 e. The highest BCUT2D eigenvalue weighted by Crippen LogP contribution is 2.55. The van der Waals surface area contributed by atoms with Gasteiger partial charge in [0, 0.05) is 0 Å². The SMILES string of the molecule is CC1(C)CC(N=C=O)(C2CCCS(=O)(=O)C2)C1. The minimum absolute atomic E-state index is 0.00993. The zero-order valence-electron chi connectivity index (χ0n) is 10.4. The fraction of sp³-hybridized carbons (Fsp3) is 0.917. The Labute approximate surface area is 102 Å². The standard InChI is InChI=1S/C12H19NO3S/c1-11(2)7-12(8-11,13-9-14)10-4-3-5-17(15,16)6-10/h10H,3-8H2,1-2H3. The Kier molecular flexibility index (Phi) is 2.95. The first-order valence-corrected chi connectivity index (χ1v) is 7.90. The van der Waals surface area contributed by atoms with Crippen LogP contribution in [0.3, 0.4) is 0 Å². The molecule has 0 aromatic carbocycles. The molecule has 2 aliphatic rings. The van der Waals surface area contributed by atoms with E-state index in [4.69, 9.17) is 0 Å². The second-order valence-corrected chi connectivity index (χ2v) is 8.51. The van der Waals surface area contributed by atoms with Gasteiger partial charge in [0.15, 0.2) is 9.84 Å². The van der Waals surface area contributed by atoms with Crippen molar-refractivity contribution in [1.29, 1.82) is 0 Å². The van der Waals surface area contributed by atoms with E-state index in [0.29, 0.717) is 6.42 Å². The van der Waals surface area contributed by atoms with Gasteiger partial charge in [-0.3, -0.25) is 0 Å². The first kappa shape index (κ1) is 12.8. The summed E-state index contributed by atoms with van der Waals surface area (Å²) in [5.41, 5.74) is -0.277. The zero-order chi connectivity index (χ0) is 12.7. The lowest BCUT2D eigenvalue weighted by Crippen LogP contribution is -2.55. The third-order valence-electron chi connectivity index (χ3n) is 4.06. The number of hydrogen-bond acceptors (Lipinski definition) is 4. The van der Waals surface area contributed by atoms with Crippen LogP contribution in [0.15, 0.2) is 4.99 Å². The van der Waals surface area contributed by atoms with Gasteiger partial charge in [0.1, 0.15) is 0 Å². The van der Waals surface area contributed by atoms with E-state index < -0.39 is 15.4 Å². The number of carbonyl (C=O) groups excluding carboxylic acids is 1. The van der Waals surface area contributed by atoms with Crippen molar-refractivity contribution in [2.24, 2.45) is 16.3 Å². The van der Waals surface area contributed by atoms with Crippen molar-refractivity contribution in [1.82, 2.24) is 0 Å². The van der Waals surface area contributed by atoms with Crippen LogP contribution in [0.5, 0.6) is 0 Å². The van der Waals surface area contributed by atoms with Crippen molar-refractivity contribution in [3.05, 3.63) is 0 Å². The average molecular weight is 257 g/mol. The lowest BCUT2D eigenvalue weighted by atomic mass is 9.54. The molecule has 4 nitrogen and oxygen atoms in total. The molecule has 17 heavy (non-hydrogen) atoms. The highest BCUT2D eigenvalue weighted by atomic mass is 32.2. The van der Waals surface area contributed by atoms with Crippen molar-refractivity contribution in [3.8, 4) is 0 Å². The molecule has 1 atom stereocenters. The largest absolute Gasteiger partial charge is 0.235 e. The summed E-state index contributed by atoms with van der Waals surface area (Å²) in [6, 6.07) is 0. The summed E-state index contributed by atoms with van der Waals surface area (Å²) in [5.74, 6) is 0.484. The van der Waals surface area contributed by atoms with Crippen LogP contribution in [0.1, 0.15) is 39.5 Å². The average Bonchev–Trinajstić information content (AvgIpc) is 2.13. The molecule has 96 valence electrons. The van der Waals surface area contributed by atoms with E-state index in [1.54, 1.807) is 6.08 Å². The molecule has 0 radical (unpaired) electrons. The fourth-order valence-corrected chi connectivity index (χ4v) is 5.47. The molecule has 0 amide bonds. The number of nitrogens with zero attached hydrogens (tertiary/aromatic N) is 1. The van der Waals surface area contributed by atoms with Gasteiger partial charge < -0.3 is 0 Å². The van der Waals surface area contributed by atoms with Gasteiger partial charge >= 0.3 is 0 Å². The topological polar surface area (TPSA) is 63.6 Å². The second-order valence-electron chi connectivity index (χ2n) is 6.28. The number of aliphatic imine (C=N–C) groups is 1. The molecule has 1 aliphatic carbocycles. The Morgan fingerprint density at radius 1 is 1.29 bits per heavy atom. The van der Waals surface area contributed by atoms with Gasteiger partial charge in [-0.15, -0.1) is 0 Å². The van der Waals surface area contributed by atoms with Crippen LogP contribution in [-0.4, -0.2) is 31.5 Å². The molecule has 1 heterocycles. The molecule has 1 aliphatic heterocycles. The molecule has 0 N–H and O–H groups in total. The number of sulfone groups is 1. The van der Waals surface area contributed by atoms with E-state index in [-0.39, 0.29) is 22.8 Å². The van der Waals surface area contributed by atoms with Gasteiger partial charge in [-0.1, -0.05) is 13.8 Å². The van der Waals surface area contributed by atoms with Crippen molar-refractivity contribution in [3.63, 3.8) is 0 Å². The molecule has 2 fully saturated rings. The Hall–Kier alpha value is -0.670. The van der Waals surface area contributed by atoms with Crippen LogP contribution < -0.4 is 0 Å². The number of hydrogen-bond donors (Lipinski definition) is 0. The lowest BCUT2D eigenvalue weighted by molar-refractivity contribution is 0.0213. The van der Waals surface area contributed by atoms with E-state index in [9.17, 15) is 13.2 Å². The Morgan fingerprint density at radius 2 is 1.94 bits per heavy atom. The molecule has 5 heteroatoms. The second kappa shape index (κ2) is 3.92. The van der Waals surface area contributed by atoms with Crippen LogP contribution in [-0.2, 0) is 14.6 Å². The maximum Gasteiger partial charge on any atom is 0.235 e. The molecule has 0 spiro atoms. The normalized spacial score (nSPS) is 33.2.